The highest BCUT2D eigenvalue weighted by Gasteiger charge is 2.16. The summed E-state index contributed by atoms with van der Waals surface area (Å²) >= 11 is 6.00. The van der Waals surface area contributed by atoms with E-state index >= 15 is 0 Å². The first-order chi connectivity index (χ1) is 11.5. The molecule has 1 fully saturated rings. The van der Waals surface area contributed by atoms with Crippen molar-refractivity contribution < 1.29 is 9.53 Å². The van der Waals surface area contributed by atoms with Crippen LogP contribution in [0.4, 0.5) is 0 Å². The highest BCUT2D eigenvalue weighted by molar-refractivity contribution is 14.0. The number of benzene rings is 1. The van der Waals surface area contributed by atoms with Gasteiger partial charge >= 0.3 is 0 Å². The zero-order valence-corrected chi connectivity index (χ0v) is 17.7. The average Bonchev–Trinajstić information content (AvgIpc) is 3.07. The number of rotatable bonds is 6. The van der Waals surface area contributed by atoms with E-state index in [4.69, 9.17) is 16.3 Å². The number of ether oxygens (including phenoxy) is 1. The van der Waals surface area contributed by atoms with Crippen molar-refractivity contribution >= 4 is 47.4 Å². The molecule has 1 atom stereocenters. The van der Waals surface area contributed by atoms with E-state index in [0.717, 1.165) is 25.0 Å². The van der Waals surface area contributed by atoms with Gasteiger partial charge in [-0.3, -0.25) is 4.79 Å². The molecule has 1 aliphatic rings. The average molecular weight is 481 g/mol. The van der Waals surface area contributed by atoms with E-state index < -0.39 is 0 Å². The minimum atomic E-state index is -0.00984. The molecule has 0 aromatic heterocycles. The highest BCUT2D eigenvalue weighted by Crippen LogP contribution is 2.12. The molecule has 2 rings (SSSR count). The number of likely N-dealkylation sites (N-methyl/N-ethyl adjacent to an activating group) is 1. The van der Waals surface area contributed by atoms with Crippen LogP contribution in [0, 0.1) is 0 Å². The number of nitrogens with one attached hydrogen (secondary N) is 2. The largest absolute Gasteiger partial charge is 0.376 e. The zero-order chi connectivity index (χ0) is 17.4. The van der Waals surface area contributed by atoms with Crippen LogP contribution >= 0.6 is 35.6 Å². The number of guanidine groups is 1. The zero-order valence-electron chi connectivity index (χ0n) is 14.6. The van der Waals surface area contributed by atoms with Crippen LogP contribution in [0.3, 0.4) is 0 Å². The predicted octanol–water partition coefficient (Wildman–Crippen LogP) is 2.26. The summed E-state index contributed by atoms with van der Waals surface area (Å²) in [5, 5.41) is 7.01. The van der Waals surface area contributed by atoms with E-state index in [2.05, 4.69) is 15.6 Å². The Balaban J connectivity index is 0.00000312. The second kappa shape index (κ2) is 11.5. The van der Waals surface area contributed by atoms with Crippen molar-refractivity contribution in [3.8, 4) is 0 Å². The van der Waals surface area contributed by atoms with Crippen LogP contribution in [0.15, 0.2) is 29.3 Å². The lowest BCUT2D eigenvalue weighted by Crippen LogP contribution is -2.45. The van der Waals surface area contributed by atoms with Crippen LogP contribution in [0.2, 0.25) is 5.02 Å². The van der Waals surface area contributed by atoms with Crippen molar-refractivity contribution in [2.24, 2.45) is 4.99 Å². The number of halogens is 2. The number of carbonyl (C=O) groups is 1. The first-order valence-corrected chi connectivity index (χ1v) is 8.51. The lowest BCUT2D eigenvalue weighted by molar-refractivity contribution is -0.127. The first-order valence-electron chi connectivity index (χ1n) is 8.13. The monoisotopic (exact) mass is 480 g/mol. The van der Waals surface area contributed by atoms with Crippen molar-refractivity contribution in [1.82, 2.24) is 15.5 Å². The van der Waals surface area contributed by atoms with E-state index in [-0.39, 0.29) is 42.5 Å². The molecule has 2 N–H and O–H groups in total. The van der Waals surface area contributed by atoms with Crippen molar-refractivity contribution in [3.05, 3.63) is 34.9 Å². The van der Waals surface area contributed by atoms with E-state index in [1.165, 1.54) is 0 Å². The smallest absolute Gasteiger partial charge is 0.241 e. The molecule has 1 aromatic rings. The molecule has 0 radical (unpaired) electrons. The Kier molecular flexibility index (Phi) is 10.1. The van der Waals surface area contributed by atoms with E-state index in [1.54, 1.807) is 19.0 Å². The fraction of sp³-hybridized carbons (Fsp3) is 0.529. The van der Waals surface area contributed by atoms with Crippen molar-refractivity contribution in [1.29, 1.82) is 0 Å². The second-order valence-corrected chi connectivity index (χ2v) is 6.39. The normalized spacial score (nSPS) is 16.9. The van der Waals surface area contributed by atoms with Gasteiger partial charge in [0, 0.05) is 32.3 Å². The molecule has 25 heavy (non-hydrogen) atoms. The molecule has 1 aromatic carbocycles. The second-order valence-electron chi connectivity index (χ2n) is 5.95. The maximum Gasteiger partial charge on any atom is 0.241 e. The molecule has 8 heteroatoms. The van der Waals surface area contributed by atoms with Gasteiger partial charge in [0.1, 0.15) is 0 Å². The molecule has 1 saturated heterocycles. The van der Waals surface area contributed by atoms with E-state index in [9.17, 15) is 4.79 Å². The van der Waals surface area contributed by atoms with Crippen LogP contribution < -0.4 is 10.6 Å². The number of carbonyl (C=O) groups excluding carboxylic acids is 1. The first kappa shape index (κ1) is 22.0. The van der Waals surface area contributed by atoms with Crippen molar-refractivity contribution in [2.45, 2.75) is 25.5 Å². The lowest BCUT2D eigenvalue weighted by Gasteiger charge is -2.17. The van der Waals surface area contributed by atoms with Gasteiger partial charge in [-0.2, -0.15) is 0 Å². The quantitative estimate of drug-likeness (QED) is 0.372. The third kappa shape index (κ3) is 8.24. The topological polar surface area (TPSA) is 66.0 Å². The van der Waals surface area contributed by atoms with Gasteiger partial charge in [0.25, 0.3) is 0 Å². The summed E-state index contributed by atoms with van der Waals surface area (Å²) in [5.41, 5.74) is 1.01. The van der Waals surface area contributed by atoms with E-state index in [0.29, 0.717) is 24.1 Å². The van der Waals surface area contributed by atoms with Gasteiger partial charge in [0.2, 0.25) is 5.91 Å². The molecule has 0 saturated carbocycles. The number of hydrogen-bond donors (Lipinski definition) is 2. The minimum absolute atomic E-state index is 0. The maximum absolute atomic E-state index is 11.8. The summed E-state index contributed by atoms with van der Waals surface area (Å²) in [4.78, 5) is 17.8. The lowest BCUT2D eigenvalue weighted by atomic mass is 10.2. The number of hydrogen-bond acceptors (Lipinski definition) is 3. The molecular formula is C17H26ClIN4O2. The number of nitrogens with zero attached hydrogens (tertiary/aromatic N) is 2. The van der Waals surface area contributed by atoms with Crippen molar-refractivity contribution in [2.75, 3.05) is 33.8 Å². The summed E-state index contributed by atoms with van der Waals surface area (Å²) < 4.78 is 5.61. The molecular weight excluding hydrogens is 455 g/mol. The third-order valence-electron chi connectivity index (χ3n) is 3.74. The Hall–Kier alpha value is -1.06. The molecule has 140 valence electrons. The Labute approximate surface area is 171 Å². The highest BCUT2D eigenvalue weighted by atomic mass is 127. The summed E-state index contributed by atoms with van der Waals surface area (Å²) in [6.07, 6.45) is 2.34. The Morgan fingerprint density at radius 3 is 2.84 bits per heavy atom. The Morgan fingerprint density at radius 2 is 2.20 bits per heavy atom. The van der Waals surface area contributed by atoms with Crippen molar-refractivity contribution in [3.63, 3.8) is 0 Å². The van der Waals surface area contributed by atoms with Crippen LogP contribution in [-0.2, 0) is 16.1 Å². The predicted molar refractivity (Wildman–Crippen MR) is 112 cm³/mol. The summed E-state index contributed by atoms with van der Waals surface area (Å²) in [5.74, 6) is 0.588. The summed E-state index contributed by atoms with van der Waals surface area (Å²) in [7, 11) is 3.46. The van der Waals surface area contributed by atoms with E-state index in [1.807, 2.05) is 24.3 Å². The van der Waals surface area contributed by atoms with Gasteiger partial charge in [-0.15, -0.1) is 24.0 Å². The number of aliphatic imine (C=N–C) groups is 1. The van der Waals surface area contributed by atoms with Gasteiger partial charge < -0.3 is 20.3 Å². The SMILES string of the molecule is CN(C)C(=O)CNC(=NCc1cccc(Cl)c1)NCC1CCCO1.I. The third-order valence-corrected chi connectivity index (χ3v) is 3.97. The van der Waals surface area contributed by atoms with Gasteiger partial charge in [0.15, 0.2) is 5.96 Å². The fourth-order valence-electron chi connectivity index (χ4n) is 2.31. The fourth-order valence-corrected chi connectivity index (χ4v) is 2.53. The Bertz CT molecular complexity index is 578. The molecule has 1 aliphatic heterocycles. The van der Waals surface area contributed by atoms with Crippen LogP contribution in [0.1, 0.15) is 18.4 Å². The van der Waals surface area contributed by atoms with Gasteiger partial charge in [-0.05, 0) is 30.5 Å². The molecule has 0 spiro atoms. The van der Waals surface area contributed by atoms with Crippen LogP contribution in [0.5, 0.6) is 0 Å². The Morgan fingerprint density at radius 1 is 1.40 bits per heavy atom. The van der Waals surface area contributed by atoms with Crippen LogP contribution in [0.25, 0.3) is 0 Å². The standard InChI is InChI=1S/C17H25ClN4O2.HI/c1-22(2)16(23)12-21-17(20-11-15-7-4-8-24-15)19-10-13-5-3-6-14(18)9-13;/h3,5-6,9,15H,4,7-8,10-12H2,1-2H3,(H2,19,20,21);1H. The molecule has 6 nitrogen and oxygen atoms in total. The summed E-state index contributed by atoms with van der Waals surface area (Å²) in [6, 6.07) is 7.58. The minimum Gasteiger partial charge on any atom is -0.376 e. The maximum atomic E-state index is 11.8. The summed E-state index contributed by atoms with van der Waals surface area (Å²) in [6.45, 7) is 2.17. The van der Waals surface area contributed by atoms with Gasteiger partial charge in [0.05, 0.1) is 19.2 Å². The molecule has 0 aliphatic carbocycles. The molecule has 1 unspecified atom stereocenters. The number of amides is 1. The molecule has 1 heterocycles. The molecule has 1 amide bonds. The van der Waals surface area contributed by atoms with Crippen LogP contribution in [-0.4, -0.2) is 56.7 Å². The van der Waals surface area contributed by atoms with Gasteiger partial charge in [-0.25, -0.2) is 4.99 Å². The molecule has 0 bridgehead atoms. The van der Waals surface area contributed by atoms with Gasteiger partial charge in [-0.1, -0.05) is 23.7 Å².